The molecule has 0 amide bonds. The van der Waals surface area contributed by atoms with Crippen molar-refractivity contribution in [1.82, 2.24) is 0 Å². The van der Waals surface area contributed by atoms with Gasteiger partial charge in [-0.05, 0) is 19.1 Å². The van der Waals surface area contributed by atoms with Crippen LogP contribution in [0.15, 0.2) is 18.2 Å². The highest BCUT2D eigenvalue weighted by molar-refractivity contribution is 5.78. The van der Waals surface area contributed by atoms with Crippen LogP contribution in [0.1, 0.15) is 12.5 Å². The predicted molar refractivity (Wildman–Crippen MR) is 45.3 cm³/mol. The van der Waals surface area contributed by atoms with Crippen molar-refractivity contribution in [2.75, 3.05) is 0 Å². The summed E-state index contributed by atoms with van der Waals surface area (Å²) in [4.78, 5) is 10.6. The van der Waals surface area contributed by atoms with Crippen LogP contribution in [0.2, 0.25) is 0 Å². The molecule has 1 rings (SSSR count). The third-order valence-corrected chi connectivity index (χ3v) is 1.89. The van der Waals surface area contributed by atoms with Gasteiger partial charge in [0.05, 0.1) is 0 Å². The van der Waals surface area contributed by atoms with Crippen LogP contribution in [0.4, 0.5) is 4.39 Å². The maximum Gasteiger partial charge on any atom is 0.340 e. The van der Waals surface area contributed by atoms with Crippen LogP contribution < -0.4 is 0 Å². The van der Waals surface area contributed by atoms with Gasteiger partial charge in [0.1, 0.15) is 11.6 Å². The second-order valence-corrected chi connectivity index (χ2v) is 3.04. The first kappa shape index (κ1) is 10.5. The van der Waals surface area contributed by atoms with Crippen LogP contribution in [0.5, 0.6) is 5.75 Å². The first-order chi connectivity index (χ1) is 6.35. The van der Waals surface area contributed by atoms with E-state index in [9.17, 15) is 14.3 Å². The van der Waals surface area contributed by atoms with Gasteiger partial charge in [0, 0.05) is 11.6 Å². The Morgan fingerprint density at radius 3 is 2.50 bits per heavy atom. The summed E-state index contributed by atoms with van der Waals surface area (Å²) in [5, 5.41) is 26.9. The molecule has 0 aliphatic carbocycles. The van der Waals surface area contributed by atoms with E-state index < -0.39 is 17.4 Å². The fraction of sp³-hybridized carbons (Fsp3) is 0.222. The van der Waals surface area contributed by atoms with Gasteiger partial charge in [-0.1, -0.05) is 0 Å². The van der Waals surface area contributed by atoms with E-state index >= 15 is 0 Å². The van der Waals surface area contributed by atoms with E-state index in [-0.39, 0.29) is 11.3 Å². The van der Waals surface area contributed by atoms with Crippen molar-refractivity contribution >= 4 is 5.97 Å². The lowest BCUT2D eigenvalue weighted by molar-refractivity contribution is -0.157. The molecule has 0 fully saturated rings. The van der Waals surface area contributed by atoms with E-state index in [2.05, 4.69) is 0 Å². The highest BCUT2D eigenvalue weighted by atomic mass is 19.1. The molecule has 1 unspecified atom stereocenters. The number of hydrogen-bond donors (Lipinski definition) is 3. The minimum absolute atomic E-state index is 0.326. The second-order valence-electron chi connectivity index (χ2n) is 3.04. The van der Waals surface area contributed by atoms with E-state index in [1.165, 1.54) is 0 Å². The Morgan fingerprint density at radius 1 is 1.50 bits per heavy atom. The molecule has 76 valence electrons. The van der Waals surface area contributed by atoms with Crippen LogP contribution in [0, 0.1) is 5.82 Å². The average molecular weight is 200 g/mol. The van der Waals surface area contributed by atoms with Crippen molar-refractivity contribution in [2.45, 2.75) is 12.5 Å². The molecule has 4 nitrogen and oxygen atoms in total. The molecule has 3 N–H and O–H groups in total. The minimum Gasteiger partial charge on any atom is -0.508 e. The summed E-state index contributed by atoms with van der Waals surface area (Å²) in [6.07, 6.45) is 0. The number of phenols is 1. The lowest BCUT2D eigenvalue weighted by atomic mass is 9.96. The molecule has 1 aromatic carbocycles. The number of hydrogen-bond acceptors (Lipinski definition) is 3. The number of aliphatic hydroxyl groups is 1. The van der Waals surface area contributed by atoms with Gasteiger partial charge in [-0.25, -0.2) is 9.18 Å². The number of rotatable bonds is 2. The Kier molecular flexibility index (Phi) is 2.44. The standard InChI is InChI=1S/C9H9FO4/c1-9(14,8(12)13)6-3-2-5(11)4-7(6)10/h2-4,11,14H,1H3,(H,12,13). The summed E-state index contributed by atoms with van der Waals surface area (Å²) in [6, 6.07) is 2.88. The summed E-state index contributed by atoms with van der Waals surface area (Å²) < 4.78 is 13.1. The molecule has 0 saturated carbocycles. The van der Waals surface area contributed by atoms with Gasteiger partial charge >= 0.3 is 5.97 Å². The van der Waals surface area contributed by atoms with E-state index in [0.717, 1.165) is 25.1 Å². The van der Waals surface area contributed by atoms with E-state index in [0.29, 0.717) is 0 Å². The van der Waals surface area contributed by atoms with E-state index in [4.69, 9.17) is 10.2 Å². The molecule has 1 aromatic rings. The number of phenolic OH excluding ortho intramolecular Hbond substituents is 1. The number of aromatic hydroxyl groups is 1. The van der Waals surface area contributed by atoms with Gasteiger partial charge < -0.3 is 15.3 Å². The Hall–Kier alpha value is -1.62. The Labute approximate surface area is 79.2 Å². The third-order valence-electron chi connectivity index (χ3n) is 1.89. The fourth-order valence-electron chi connectivity index (χ4n) is 1.01. The largest absolute Gasteiger partial charge is 0.508 e. The number of halogens is 1. The minimum atomic E-state index is -2.29. The molecule has 14 heavy (non-hydrogen) atoms. The van der Waals surface area contributed by atoms with Crippen molar-refractivity contribution in [3.05, 3.63) is 29.6 Å². The molecule has 0 saturated heterocycles. The quantitative estimate of drug-likeness (QED) is 0.660. The topological polar surface area (TPSA) is 77.8 Å². The summed E-state index contributed by atoms with van der Waals surface area (Å²) in [5.41, 5.74) is -2.68. The van der Waals surface area contributed by atoms with Gasteiger partial charge in [0.2, 0.25) is 0 Å². The fourth-order valence-corrected chi connectivity index (χ4v) is 1.01. The van der Waals surface area contributed by atoms with Gasteiger partial charge in [0.25, 0.3) is 0 Å². The molecule has 5 heteroatoms. The molecule has 0 radical (unpaired) electrons. The van der Waals surface area contributed by atoms with Crippen molar-refractivity contribution in [3.8, 4) is 5.75 Å². The first-order valence-electron chi connectivity index (χ1n) is 3.80. The smallest absolute Gasteiger partial charge is 0.340 e. The van der Waals surface area contributed by atoms with Crippen molar-refractivity contribution in [1.29, 1.82) is 0 Å². The zero-order valence-electron chi connectivity index (χ0n) is 7.36. The summed E-state index contributed by atoms with van der Waals surface area (Å²) >= 11 is 0. The molecule has 0 bridgehead atoms. The zero-order chi connectivity index (χ0) is 10.9. The molecular formula is C9H9FO4. The molecule has 1 atom stereocenters. The lowest BCUT2D eigenvalue weighted by Crippen LogP contribution is -2.32. The number of carboxylic acid groups (broad SMARTS) is 1. The highest BCUT2D eigenvalue weighted by Crippen LogP contribution is 2.26. The van der Waals surface area contributed by atoms with Crippen LogP contribution in [0.3, 0.4) is 0 Å². The molecular weight excluding hydrogens is 191 g/mol. The lowest BCUT2D eigenvalue weighted by Gasteiger charge is -2.18. The number of aliphatic carboxylic acids is 1. The van der Waals surface area contributed by atoms with E-state index in [1.807, 2.05) is 0 Å². The molecule has 0 aliphatic rings. The normalized spacial score (nSPS) is 14.8. The molecule has 0 aromatic heterocycles. The Bertz CT molecular complexity index is 373. The summed E-state index contributed by atoms with van der Waals surface area (Å²) in [5.74, 6) is -2.84. The van der Waals surface area contributed by atoms with Gasteiger partial charge in [0.15, 0.2) is 5.60 Å². The molecule has 0 heterocycles. The average Bonchev–Trinajstić information content (AvgIpc) is 2.02. The van der Waals surface area contributed by atoms with E-state index in [1.54, 1.807) is 0 Å². The van der Waals surface area contributed by atoms with Crippen molar-refractivity contribution < 1.29 is 24.5 Å². The van der Waals surface area contributed by atoms with Crippen LogP contribution in [0.25, 0.3) is 0 Å². The summed E-state index contributed by atoms with van der Waals surface area (Å²) in [7, 11) is 0. The second kappa shape index (κ2) is 3.26. The highest BCUT2D eigenvalue weighted by Gasteiger charge is 2.34. The monoisotopic (exact) mass is 200 g/mol. The number of carboxylic acids is 1. The van der Waals surface area contributed by atoms with Crippen molar-refractivity contribution in [2.24, 2.45) is 0 Å². The zero-order valence-corrected chi connectivity index (χ0v) is 7.36. The first-order valence-corrected chi connectivity index (χ1v) is 3.80. The third kappa shape index (κ3) is 1.67. The summed E-state index contributed by atoms with van der Waals surface area (Å²) in [6.45, 7) is 0.963. The number of carbonyl (C=O) groups is 1. The van der Waals surface area contributed by atoms with Gasteiger partial charge in [-0.2, -0.15) is 0 Å². The number of benzene rings is 1. The van der Waals surface area contributed by atoms with Gasteiger partial charge in [-0.15, -0.1) is 0 Å². The maximum absolute atomic E-state index is 13.1. The molecule has 0 aliphatic heterocycles. The predicted octanol–water partition coefficient (Wildman–Crippen LogP) is 0.823. The Morgan fingerprint density at radius 2 is 2.07 bits per heavy atom. The van der Waals surface area contributed by atoms with Crippen molar-refractivity contribution in [3.63, 3.8) is 0 Å². The van der Waals surface area contributed by atoms with Gasteiger partial charge in [-0.3, -0.25) is 0 Å². The van der Waals surface area contributed by atoms with Crippen LogP contribution in [-0.4, -0.2) is 21.3 Å². The molecule has 0 spiro atoms. The SMILES string of the molecule is CC(O)(C(=O)O)c1ccc(O)cc1F. The van der Waals surface area contributed by atoms with Crippen LogP contribution in [-0.2, 0) is 10.4 Å². The maximum atomic E-state index is 13.1. The Balaban J connectivity index is 3.26. The van der Waals surface area contributed by atoms with Crippen LogP contribution >= 0.6 is 0 Å².